The number of benzene rings is 1. The molecule has 144 valence electrons. The Hall–Kier alpha value is -3.00. The predicted octanol–water partition coefficient (Wildman–Crippen LogP) is 2.71. The molecule has 2 aromatic heterocycles. The summed E-state index contributed by atoms with van der Waals surface area (Å²) in [4.78, 5) is 38.7. The van der Waals surface area contributed by atoms with Crippen LogP contribution in [0.15, 0.2) is 29.1 Å². The zero-order chi connectivity index (χ0) is 19.8. The van der Waals surface area contributed by atoms with Gasteiger partial charge in [-0.1, -0.05) is 18.2 Å². The molecule has 0 unspecified atom stereocenters. The van der Waals surface area contributed by atoms with Gasteiger partial charge in [0.2, 0.25) is 0 Å². The summed E-state index contributed by atoms with van der Waals surface area (Å²) in [6, 6.07) is 6.90. The van der Waals surface area contributed by atoms with E-state index >= 15 is 0 Å². The van der Waals surface area contributed by atoms with Crippen molar-refractivity contribution in [3.63, 3.8) is 0 Å². The lowest BCUT2D eigenvalue weighted by atomic mass is 9.95. The Balaban J connectivity index is 1.80. The van der Waals surface area contributed by atoms with Crippen LogP contribution in [0, 0.1) is 0 Å². The van der Waals surface area contributed by atoms with Gasteiger partial charge in [-0.25, -0.2) is 4.68 Å². The largest absolute Gasteiger partial charge is 0.365 e. The monoisotopic (exact) mass is 396 g/mol. The lowest BCUT2D eigenvalue weighted by Gasteiger charge is -2.11. The van der Waals surface area contributed by atoms with Crippen LogP contribution in [0.3, 0.4) is 0 Å². The number of carbonyl (C=O) groups is 2. The lowest BCUT2D eigenvalue weighted by molar-refractivity contribution is 0.100. The number of hydrogen-bond donors (Lipinski definition) is 2. The van der Waals surface area contributed by atoms with Crippen LogP contribution in [-0.2, 0) is 19.4 Å². The molecule has 1 aromatic carbocycles. The van der Waals surface area contributed by atoms with Crippen molar-refractivity contribution in [2.75, 3.05) is 5.32 Å². The molecule has 1 aliphatic rings. The summed E-state index contributed by atoms with van der Waals surface area (Å²) in [6.07, 6.45) is 3.75. The number of nitrogens with two attached hydrogens (primary N) is 1. The van der Waals surface area contributed by atoms with E-state index in [1.807, 2.05) is 0 Å². The molecule has 0 bridgehead atoms. The van der Waals surface area contributed by atoms with Gasteiger partial charge in [0.05, 0.1) is 10.9 Å². The van der Waals surface area contributed by atoms with E-state index in [4.69, 9.17) is 5.73 Å². The van der Waals surface area contributed by atoms with Gasteiger partial charge < -0.3 is 11.1 Å². The van der Waals surface area contributed by atoms with E-state index in [1.165, 1.54) is 16.0 Å². The Bertz CT molecular complexity index is 1160. The topological polar surface area (TPSA) is 107 Å². The number of fused-ring (bicyclic) bond motifs is 2. The van der Waals surface area contributed by atoms with E-state index in [9.17, 15) is 14.4 Å². The third kappa shape index (κ3) is 2.99. The van der Waals surface area contributed by atoms with E-state index in [2.05, 4.69) is 10.4 Å². The fourth-order valence-corrected chi connectivity index (χ4v) is 4.98. The van der Waals surface area contributed by atoms with Crippen LogP contribution >= 0.6 is 11.3 Å². The zero-order valence-corrected chi connectivity index (χ0v) is 16.3. The molecule has 0 aliphatic heterocycles. The highest BCUT2D eigenvalue weighted by Gasteiger charge is 2.26. The van der Waals surface area contributed by atoms with Crippen molar-refractivity contribution in [1.82, 2.24) is 9.78 Å². The number of rotatable bonds is 4. The molecule has 3 N–H and O–H groups in total. The maximum Gasteiger partial charge on any atom is 0.277 e. The van der Waals surface area contributed by atoms with Gasteiger partial charge in [0.25, 0.3) is 17.4 Å². The van der Waals surface area contributed by atoms with Gasteiger partial charge >= 0.3 is 0 Å². The second kappa shape index (κ2) is 7.20. The minimum Gasteiger partial charge on any atom is -0.365 e. The van der Waals surface area contributed by atoms with Gasteiger partial charge in [0, 0.05) is 16.8 Å². The summed E-state index contributed by atoms with van der Waals surface area (Å²) in [5, 5.41) is 8.46. The Morgan fingerprint density at radius 1 is 1.21 bits per heavy atom. The molecule has 0 saturated heterocycles. The number of aromatic nitrogens is 2. The van der Waals surface area contributed by atoms with Crippen LogP contribution in [0.1, 0.15) is 51.1 Å². The zero-order valence-electron chi connectivity index (χ0n) is 15.4. The van der Waals surface area contributed by atoms with Crippen LogP contribution in [0.2, 0.25) is 0 Å². The highest BCUT2D eigenvalue weighted by Crippen LogP contribution is 2.38. The molecule has 0 saturated carbocycles. The van der Waals surface area contributed by atoms with Crippen molar-refractivity contribution < 1.29 is 9.59 Å². The maximum atomic E-state index is 13.1. The number of amides is 2. The number of hydrogen-bond acceptors (Lipinski definition) is 5. The SMILES string of the molecule is CCn1nc(C(=O)Nc2sc3c(c2C(N)=O)CCCC3)c2ccccc2c1=O. The van der Waals surface area contributed by atoms with Crippen molar-refractivity contribution in [2.24, 2.45) is 5.73 Å². The Kier molecular flexibility index (Phi) is 4.72. The Morgan fingerprint density at radius 2 is 1.93 bits per heavy atom. The molecular weight excluding hydrogens is 376 g/mol. The van der Waals surface area contributed by atoms with Crippen molar-refractivity contribution in [3.05, 3.63) is 56.3 Å². The fourth-order valence-electron chi connectivity index (χ4n) is 3.69. The number of thiophene rings is 1. The van der Waals surface area contributed by atoms with Crippen LogP contribution in [-0.4, -0.2) is 21.6 Å². The second-order valence-electron chi connectivity index (χ2n) is 6.75. The molecule has 7 nitrogen and oxygen atoms in total. The first-order valence-corrected chi connectivity index (χ1v) is 10.1. The molecule has 28 heavy (non-hydrogen) atoms. The summed E-state index contributed by atoms with van der Waals surface area (Å²) >= 11 is 1.40. The standard InChI is InChI=1S/C20H20N4O3S/c1-2-24-20(27)12-8-4-3-7-11(12)16(23-24)18(26)22-19-15(17(21)25)13-9-5-6-10-14(13)28-19/h3-4,7-8H,2,5-6,9-10H2,1H3,(H2,21,25)(H,22,26). The molecule has 3 aromatic rings. The van der Waals surface area contributed by atoms with Crippen LogP contribution in [0.25, 0.3) is 10.8 Å². The first kappa shape index (κ1) is 18.4. The van der Waals surface area contributed by atoms with E-state index in [0.29, 0.717) is 27.9 Å². The van der Waals surface area contributed by atoms with Gasteiger partial charge in [-0.2, -0.15) is 5.10 Å². The average molecular weight is 396 g/mol. The van der Waals surface area contributed by atoms with E-state index in [1.54, 1.807) is 31.2 Å². The van der Waals surface area contributed by atoms with Crippen LogP contribution in [0.5, 0.6) is 0 Å². The molecule has 8 heteroatoms. The molecule has 4 rings (SSSR count). The highest BCUT2D eigenvalue weighted by molar-refractivity contribution is 7.17. The van der Waals surface area contributed by atoms with Crippen molar-refractivity contribution >= 4 is 38.9 Å². The van der Waals surface area contributed by atoms with Crippen molar-refractivity contribution in [1.29, 1.82) is 0 Å². The van der Waals surface area contributed by atoms with Gasteiger partial charge in [-0.3, -0.25) is 14.4 Å². The molecule has 0 spiro atoms. The molecular formula is C20H20N4O3S. The summed E-state index contributed by atoms with van der Waals surface area (Å²) in [6.45, 7) is 2.15. The number of nitrogens with one attached hydrogen (secondary N) is 1. The summed E-state index contributed by atoms with van der Waals surface area (Å²) in [5.41, 5.74) is 6.88. The first-order chi connectivity index (χ1) is 13.5. The van der Waals surface area contributed by atoms with Crippen LogP contribution in [0.4, 0.5) is 5.00 Å². The first-order valence-electron chi connectivity index (χ1n) is 9.26. The van der Waals surface area contributed by atoms with Gasteiger partial charge in [-0.15, -0.1) is 11.3 Å². The van der Waals surface area contributed by atoms with E-state index in [-0.39, 0.29) is 11.3 Å². The molecule has 2 amide bonds. The smallest absolute Gasteiger partial charge is 0.277 e. The summed E-state index contributed by atoms with van der Waals surface area (Å²) in [7, 11) is 0. The van der Waals surface area contributed by atoms with E-state index < -0.39 is 11.8 Å². The molecule has 0 atom stereocenters. The quantitative estimate of drug-likeness (QED) is 0.707. The highest BCUT2D eigenvalue weighted by atomic mass is 32.1. The van der Waals surface area contributed by atoms with E-state index in [0.717, 1.165) is 36.1 Å². The third-order valence-corrected chi connectivity index (χ3v) is 6.23. The number of nitrogens with zero attached hydrogens (tertiary/aromatic N) is 2. The number of carbonyl (C=O) groups excluding carboxylic acids is 2. The summed E-state index contributed by atoms with van der Waals surface area (Å²) < 4.78 is 1.27. The number of anilines is 1. The maximum absolute atomic E-state index is 13.1. The molecule has 0 radical (unpaired) electrons. The average Bonchev–Trinajstić information content (AvgIpc) is 3.06. The molecule has 1 aliphatic carbocycles. The second-order valence-corrected chi connectivity index (χ2v) is 7.85. The number of aryl methyl sites for hydroxylation is 2. The molecule has 0 fully saturated rings. The van der Waals surface area contributed by atoms with Crippen molar-refractivity contribution in [3.8, 4) is 0 Å². The van der Waals surface area contributed by atoms with Crippen molar-refractivity contribution in [2.45, 2.75) is 39.2 Å². The van der Waals surface area contributed by atoms with Gasteiger partial charge in [0.15, 0.2) is 5.69 Å². The number of primary amides is 1. The minimum atomic E-state index is -0.536. The van der Waals surface area contributed by atoms with Gasteiger partial charge in [0.1, 0.15) is 5.00 Å². The molecule has 2 heterocycles. The fraction of sp³-hybridized carbons (Fsp3) is 0.300. The van der Waals surface area contributed by atoms with Gasteiger partial charge in [-0.05, 0) is 44.2 Å². The third-order valence-electron chi connectivity index (χ3n) is 5.03. The normalized spacial score (nSPS) is 13.3. The minimum absolute atomic E-state index is 0.152. The Morgan fingerprint density at radius 3 is 2.64 bits per heavy atom. The Labute approximate surface area is 165 Å². The predicted molar refractivity (Wildman–Crippen MR) is 109 cm³/mol. The summed E-state index contributed by atoms with van der Waals surface area (Å²) in [5.74, 6) is -0.995. The van der Waals surface area contributed by atoms with Crippen LogP contribution < -0.4 is 16.6 Å². The lowest BCUT2D eigenvalue weighted by Crippen LogP contribution is -2.27.